The Morgan fingerprint density at radius 1 is 0.686 bits per heavy atom. The summed E-state index contributed by atoms with van der Waals surface area (Å²) >= 11 is 0. The average molecular weight is 552 g/mol. The lowest BCUT2D eigenvalue weighted by Gasteiger charge is -2.17. The van der Waals surface area contributed by atoms with Gasteiger partial charge in [0.1, 0.15) is 10.7 Å². The molecule has 35 heavy (non-hydrogen) atoms. The third-order valence-corrected chi connectivity index (χ3v) is 9.96. The summed E-state index contributed by atoms with van der Waals surface area (Å²) < 4.78 is 129. The van der Waals surface area contributed by atoms with E-state index in [0.29, 0.717) is 0 Å². The summed E-state index contributed by atoms with van der Waals surface area (Å²) in [7, 11) is -14.7. The highest BCUT2D eigenvalue weighted by Gasteiger charge is 2.46. The molecule has 0 bridgehead atoms. The number of sulfone groups is 2. The topological polar surface area (TPSA) is 114 Å². The van der Waals surface area contributed by atoms with E-state index in [1.807, 2.05) is 0 Å². The molecule has 1 atom stereocenters. The highest BCUT2D eigenvalue weighted by atomic mass is 32.2. The number of rotatable bonds is 7. The van der Waals surface area contributed by atoms with Crippen molar-refractivity contribution in [2.24, 2.45) is 0 Å². The van der Waals surface area contributed by atoms with Gasteiger partial charge in [-0.2, -0.15) is 13.2 Å². The molecule has 0 aliphatic carbocycles. The summed E-state index contributed by atoms with van der Waals surface area (Å²) in [5, 5.41) is 0. The molecule has 3 aromatic rings. The molecule has 14 heteroatoms. The lowest BCUT2D eigenvalue weighted by Crippen LogP contribution is -2.37. The zero-order valence-corrected chi connectivity index (χ0v) is 20.1. The molecule has 7 nitrogen and oxygen atoms in total. The molecule has 0 aromatic heterocycles. The lowest BCUT2D eigenvalue weighted by molar-refractivity contribution is -0.0450. The quantitative estimate of drug-likeness (QED) is 0.444. The first-order valence-electron chi connectivity index (χ1n) is 9.61. The van der Waals surface area contributed by atoms with Crippen LogP contribution < -0.4 is 4.72 Å². The smallest absolute Gasteiger partial charge is 0.218 e. The Labute approximate surface area is 199 Å². The van der Waals surface area contributed by atoms with Gasteiger partial charge in [-0.1, -0.05) is 36.4 Å². The minimum atomic E-state index is -5.64. The van der Waals surface area contributed by atoms with Crippen LogP contribution >= 0.6 is 0 Å². The van der Waals surface area contributed by atoms with Crippen LogP contribution in [0.5, 0.6) is 0 Å². The number of hydrogen-bond donors (Lipinski definition) is 1. The van der Waals surface area contributed by atoms with E-state index in [1.54, 1.807) is 0 Å². The first-order valence-corrected chi connectivity index (χ1v) is 14.1. The van der Waals surface area contributed by atoms with E-state index >= 15 is 0 Å². The zero-order valence-electron chi connectivity index (χ0n) is 17.7. The molecule has 0 heterocycles. The first-order chi connectivity index (χ1) is 16.1. The van der Waals surface area contributed by atoms with Crippen LogP contribution in [0.3, 0.4) is 0 Å². The van der Waals surface area contributed by atoms with Crippen molar-refractivity contribution in [3.8, 4) is 0 Å². The summed E-state index contributed by atoms with van der Waals surface area (Å²) in [6.45, 7) is 1.13. The Kier molecular flexibility index (Phi) is 7.14. The van der Waals surface area contributed by atoms with E-state index in [9.17, 15) is 42.8 Å². The standard InChI is InChI=1S/C21H17F4NO6S3/c1-14(26-35(31,32)21(23,24)25)15-10-12-16(13-11-15)33(27,28)19-8-4-5-9-20(19)34(29,30)18-7-3-2-6-17(18)22/h2-14,26H,1H3/t14-/m0/s1. The van der Waals surface area contributed by atoms with E-state index in [2.05, 4.69) is 0 Å². The van der Waals surface area contributed by atoms with Gasteiger partial charge >= 0.3 is 15.5 Å². The molecule has 0 unspecified atom stereocenters. The fourth-order valence-electron chi connectivity index (χ4n) is 3.11. The molecule has 1 N–H and O–H groups in total. The summed E-state index contributed by atoms with van der Waals surface area (Å²) in [5.41, 5.74) is -5.51. The van der Waals surface area contributed by atoms with Crippen molar-refractivity contribution in [1.82, 2.24) is 4.72 Å². The van der Waals surface area contributed by atoms with Gasteiger partial charge < -0.3 is 0 Å². The highest BCUT2D eigenvalue weighted by Crippen LogP contribution is 2.32. The first kappa shape index (κ1) is 26.8. The third-order valence-electron chi connectivity index (χ3n) is 4.88. The molecule has 0 fully saturated rings. The van der Waals surface area contributed by atoms with E-state index in [4.69, 9.17) is 0 Å². The second-order valence-corrected chi connectivity index (χ2v) is 12.8. The monoisotopic (exact) mass is 551 g/mol. The minimum Gasteiger partial charge on any atom is -0.218 e. The molecule has 0 saturated heterocycles. The van der Waals surface area contributed by atoms with Crippen LogP contribution in [-0.2, 0) is 29.7 Å². The van der Waals surface area contributed by atoms with Gasteiger partial charge in [-0.25, -0.2) is 34.4 Å². The fraction of sp³-hybridized carbons (Fsp3) is 0.143. The molecule has 0 aliphatic heterocycles. The van der Waals surface area contributed by atoms with Crippen molar-refractivity contribution in [2.75, 3.05) is 0 Å². The van der Waals surface area contributed by atoms with Crippen LogP contribution in [0.2, 0.25) is 0 Å². The minimum absolute atomic E-state index is 0.0176. The van der Waals surface area contributed by atoms with Gasteiger partial charge in [0.05, 0.1) is 14.7 Å². The molecule has 0 spiro atoms. The molecular weight excluding hydrogens is 534 g/mol. The van der Waals surface area contributed by atoms with Gasteiger partial charge in [0.15, 0.2) is 0 Å². The maximum Gasteiger partial charge on any atom is 0.511 e. The number of benzene rings is 3. The van der Waals surface area contributed by atoms with Crippen LogP contribution in [0.4, 0.5) is 17.6 Å². The summed E-state index contributed by atoms with van der Waals surface area (Å²) in [6, 6.07) is 11.8. The molecule has 0 saturated carbocycles. The second kappa shape index (κ2) is 9.33. The van der Waals surface area contributed by atoms with E-state index in [1.165, 1.54) is 29.0 Å². The van der Waals surface area contributed by atoms with Crippen LogP contribution in [0.25, 0.3) is 0 Å². The summed E-state index contributed by atoms with van der Waals surface area (Å²) in [5.74, 6) is -1.07. The summed E-state index contributed by atoms with van der Waals surface area (Å²) in [6.07, 6.45) is 0. The Bertz CT molecular complexity index is 1570. The maximum atomic E-state index is 14.2. The molecule has 3 rings (SSSR count). The second-order valence-electron chi connectivity index (χ2n) is 7.24. The van der Waals surface area contributed by atoms with Gasteiger partial charge in [0.25, 0.3) is 0 Å². The van der Waals surface area contributed by atoms with Gasteiger partial charge in [0, 0.05) is 6.04 Å². The zero-order chi connectivity index (χ0) is 26.2. The molecule has 0 amide bonds. The Morgan fingerprint density at radius 2 is 1.14 bits per heavy atom. The van der Waals surface area contributed by atoms with Crippen LogP contribution in [0, 0.1) is 5.82 Å². The predicted octanol–water partition coefficient (Wildman–Crippen LogP) is 3.99. The number of sulfonamides is 1. The van der Waals surface area contributed by atoms with E-state index in [0.717, 1.165) is 55.5 Å². The lowest BCUT2D eigenvalue weighted by atomic mass is 10.1. The SMILES string of the molecule is C[C@H](NS(=O)(=O)C(F)(F)F)c1ccc(S(=O)(=O)c2ccccc2S(=O)(=O)c2ccccc2F)cc1. The van der Waals surface area contributed by atoms with Crippen molar-refractivity contribution in [3.05, 3.63) is 84.2 Å². The predicted molar refractivity (Wildman–Crippen MR) is 117 cm³/mol. The van der Waals surface area contributed by atoms with Crippen molar-refractivity contribution < 1.29 is 42.8 Å². The number of nitrogens with one attached hydrogen (secondary N) is 1. The number of halogens is 4. The molecule has 0 radical (unpaired) electrons. The summed E-state index contributed by atoms with van der Waals surface area (Å²) in [4.78, 5) is -2.44. The highest BCUT2D eigenvalue weighted by molar-refractivity contribution is 7.94. The fourth-order valence-corrected chi connectivity index (χ4v) is 7.25. The Morgan fingerprint density at radius 3 is 1.63 bits per heavy atom. The van der Waals surface area contributed by atoms with Crippen LogP contribution in [0.15, 0.2) is 92.4 Å². The largest absolute Gasteiger partial charge is 0.511 e. The molecule has 0 aliphatic rings. The molecule has 3 aromatic carbocycles. The van der Waals surface area contributed by atoms with Crippen molar-refractivity contribution >= 4 is 29.7 Å². The molecule has 188 valence electrons. The Balaban J connectivity index is 2.01. The van der Waals surface area contributed by atoms with Crippen LogP contribution in [-0.4, -0.2) is 30.8 Å². The van der Waals surface area contributed by atoms with Crippen molar-refractivity contribution in [3.63, 3.8) is 0 Å². The van der Waals surface area contributed by atoms with E-state index in [-0.39, 0.29) is 5.56 Å². The molecular formula is C21H17F4NO6S3. The van der Waals surface area contributed by atoms with Crippen molar-refractivity contribution in [2.45, 2.75) is 38.1 Å². The number of hydrogen-bond acceptors (Lipinski definition) is 6. The van der Waals surface area contributed by atoms with Gasteiger partial charge in [-0.3, -0.25) is 0 Å². The normalized spacial score (nSPS) is 14.0. The Hall–Kier alpha value is -2.81. The average Bonchev–Trinajstić information content (AvgIpc) is 2.78. The van der Waals surface area contributed by atoms with Gasteiger partial charge in [-0.05, 0) is 48.9 Å². The number of alkyl halides is 3. The van der Waals surface area contributed by atoms with Crippen LogP contribution in [0.1, 0.15) is 18.5 Å². The van der Waals surface area contributed by atoms with Gasteiger partial charge in [-0.15, -0.1) is 0 Å². The van der Waals surface area contributed by atoms with Crippen molar-refractivity contribution in [1.29, 1.82) is 0 Å². The third kappa shape index (κ3) is 5.24. The van der Waals surface area contributed by atoms with E-state index < -0.39 is 66.6 Å². The van der Waals surface area contributed by atoms with Gasteiger partial charge in [0.2, 0.25) is 19.7 Å². The maximum absolute atomic E-state index is 14.2.